The van der Waals surface area contributed by atoms with Gasteiger partial charge in [0.2, 0.25) is 0 Å². The molecule has 0 bridgehead atoms. The van der Waals surface area contributed by atoms with Crippen LogP contribution in [-0.2, 0) is 0 Å². The lowest BCUT2D eigenvalue weighted by atomic mass is 10.0. The van der Waals surface area contributed by atoms with Crippen LogP contribution in [0, 0.1) is 0 Å². The number of aromatic nitrogens is 2. The van der Waals surface area contributed by atoms with Crippen molar-refractivity contribution in [3.05, 3.63) is 72.7 Å². The molecule has 0 saturated heterocycles. The summed E-state index contributed by atoms with van der Waals surface area (Å²) in [4.78, 5) is 19.1. The van der Waals surface area contributed by atoms with Gasteiger partial charge in [-0.25, -0.2) is 0 Å². The van der Waals surface area contributed by atoms with Gasteiger partial charge in [-0.2, -0.15) is 0 Å². The highest BCUT2D eigenvalue weighted by Crippen LogP contribution is 2.24. The van der Waals surface area contributed by atoms with E-state index >= 15 is 0 Å². The molecule has 3 aromatic rings. The van der Waals surface area contributed by atoms with Crippen LogP contribution in [0.5, 0.6) is 0 Å². The summed E-state index contributed by atoms with van der Waals surface area (Å²) in [5.41, 5.74) is 4.74. The van der Waals surface area contributed by atoms with Gasteiger partial charge >= 0.3 is 0 Å². The molecule has 0 spiro atoms. The van der Waals surface area contributed by atoms with E-state index in [0.717, 1.165) is 28.7 Å². The molecular weight excluding hydrogens is 248 g/mol. The molecule has 0 saturated carbocycles. The highest BCUT2D eigenvalue weighted by molar-refractivity contribution is 5.77. The van der Waals surface area contributed by atoms with Crippen molar-refractivity contribution in [2.45, 2.75) is 0 Å². The lowest BCUT2D eigenvalue weighted by Gasteiger charge is -2.05. The molecule has 3 rings (SSSR count). The van der Waals surface area contributed by atoms with Crippen molar-refractivity contribution < 1.29 is 4.79 Å². The number of carbonyl (C=O) groups excluding carboxylic acids is 1. The van der Waals surface area contributed by atoms with Gasteiger partial charge < -0.3 is 0 Å². The van der Waals surface area contributed by atoms with Crippen molar-refractivity contribution in [1.29, 1.82) is 0 Å². The largest absolute Gasteiger partial charge is 0.298 e. The maximum Gasteiger partial charge on any atom is 0.150 e. The Kier molecular flexibility index (Phi) is 3.33. The molecule has 1 aromatic carbocycles. The molecule has 0 fully saturated rings. The molecule has 0 aliphatic heterocycles. The summed E-state index contributed by atoms with van der Waals surface area (Å²) in [6.45, 7) is 0. The summed E-state index contributed by atoms with van der Waals surface area (Å²) in [5.74, 6) is 0. The van der Waals surface area contributed by atoms with E-state index in [-0.39, 0.29) is 0 Å². The van der Waals surface area contributed by atoms with E-state index in [9.17, 15) is 4.79 Å². The Morgan fingerprint density at radius 3 is 2.15 bits per heavy atom. The van der Waals surface area contributed by atoms with Crippen LogP contribution in [0.15, 0.2) is 67.1 Å². The summed E-state index contributed by atoms with van der Waals surface area (Å²) >= 11 is 0. The van der Waals surface area contributed by atoms with Gasteiger partial charge in [-0.3, -0.25) is 14.8 Å². The second-order valence-electron chi connectivity index (χ2n) is 4.41. The van der Waals surface area contributed by atoms with Crippen molar-refractivity contribution in [3.8, 4) is 22.4 Å². The fourth-order valence-electron chi connectivity index (χ4n) is 2.04. The molecule has 0 N–H and O–H groups in total. The van der Waals surface area contributed by atoms with Crippen LogP contribution in [0.3, 0.4) is 0 Å². The number of hydrogen-bond donors (Lipinski definition) is 0. The van der Waals surface area contributed by atoms with Crippen LogP contribution in [-0.4, -0.2) is 16.3 Å². The minimum absolute atomic E-state index is 0.666. The van der Waals surface area contributed by atoms with E-state index in [2.05, 4.69) is 9.97 Å². The van der Waals surface area contributed by atoms with Gasteiger partial charge in [0.05, 0.1) is 5.69 Å². The summed E-state index contributed by atoms with van der Waals surface area (Å²) < 4.78 is 0. The van der Waals surface area contributed by atoms with Crippen LogP contribution >= 0.6 is 0 Å². The normalized spacial score (nSPS) is 10.2. The Morgan fingerprint density at radius 2 is 1.45 bits per heavy atom. The topological polar surface area (TPSA) is 42.9 Å². The van der Waals surface area contributed by atoms with Crippen molar-refractivity contribution in [2.24, 2.45) is 0 Å². The number of nitrogens with zero attached hydrogens (tertiary/aromatic N) is 2. The van der Waals surface area contributed by atoms with E-state index in [1.54, 1.807) is 30.7 Å². The Balaban J connectivity index is 2.00. The average molecular weight is 260 g/mol. The number of benzene rings is 1. The first-order valence-corrected chi connectivity index (χ1v) is 6.29. The Morgan fingerprint density at radius 1 is 0.750 bits per heavy atom. The first-order valence-electron chi connectivity index (χ1n) is 6.29. The minimum atomic E-state index is 0.666. The zero-order valence-electron chi connectivity index (χ0n) is 10.7. The number of hydrogen-bond acceptors (Lipinski definition) is 3. The molecule has 0 aliphatic rings. The molecule has 3 heteroatoms. The van der Waals surface area contributed by atoms with E-state index in [1.807, 2.05) is 36.4 Å². The SMILES string of the molecule is O=Cc1ccc(-c2cc(-c3ccncc3)ccn2)cc1. The molecule has 0 unspecified atom stereocenters. The first-order chi connectivity index (χ1) is 9.86. The summed E-state index contributed by atoms with van der Waals surface area (Å²) in [5, 5.41) is 0. The van der Waals surface area contributed by atoms with Gasteiger partial charge in [-0.15, -0.1) is 0 Å². The number of pyridine rings is 2. The predicted molar refractivity (Wildman–Crippen MR) is 78.3 cm³/mol. The third-order valence-electron chi connectivity index (χ3n) is 3.12. The minimum Gasteiger partial charge on any atom is -0.298 e. The van der Waals surface area contributed by atoms with E-state index < -0.39 is 0 Å². The molecule has 0 radical (unpaired) electrons. The highest BCUT2D eigenvalue weighted by atomic mass is 16.1. The van der Waals surface area contributed by atoms with Gasteiger partial charge in [-0.1, -0.05) is 24.3 Å². The molecule has 2 aromatic heterocycles. The third-order valence-corrected chi connectivity index (χ3v) is 3.12. The predicted octanol–water partition coefficient (Wildman–Crippen LogP) is 3.62. The summed E-state index contributed by atoms with van der Waals surface area (Å²) in [6, 6.07) is 15.3. The fourth-order valence-corrected chi connectivity index (χ4v) is 2.04. The van der Waals surface area contributed by atoms with Gasteiger partial charge in [0.25, 0.3) is 0 Å². The van der Waals surface area contributed by atoms with Gasteiger partial charge in [0, 0.05) is 29.7 Å². The number of aldehydes is 1. The zero-order chi connectivity index (χ0) is 13.8. The number of carbonyl (C=O) groups is 1. The summed E-state index contributed by atoms with van der Waals surface area (Å²) in [7, 11) is 0. The second-order valence-corrected chi connectivity index (χ2v) is 4.41. The molecule has 0 aliphatic carbocycles. The van der Waals surface area contributed by atoms with Crippen LogP contribution < -0.4 is 0 Å². The lowest BCUT2D eigenvalue weighted by molar-refractivity contribution is 0.112. The van der Waals surface area contributed by atoms with Gasteiger partial charge in [0.1, 0.15) is 6.29 Å². The lowest BCUT2D eigenvalue weighted by Crippen LogP contribution is -1.86. The Hall–Kier alpha value is -2.81. The maximum atomic E-state index is 10.7. The number of rotatable bonds is 3. The first kappa shape index (κ1) is 12.2. The van der Waals surface area contributed by atoms with Crippen molar-refractivity contribution in [1.82, 2.24) is 9.97 Å². The molecule has 20 heavy (non-hydrogen) atoms. The van der Waals surface area contributed by atoms with Crippen molar-refractivity contribution >= 4 is 6.29 Å². The Bertz CT molecular complexity index is 721. The molecule has 3 nitrogen and oxygen atoms in total. The van der Waals surface area contributed by atoms with E-state index in [0.29, 0.717) is 5.56 Å². The van der Waals surface area contributed by atoms with Crippen molar-refractivity contribution in [2.75, 3.05) is 0 Å². The smallest absolute Gasteiger partial charge is 0.150 e. The fraction of sp³-hybridized carbons (Fsp3) is 0. The van der Waals surface area contributed by atoms with Crippen molar-refractivity contribution in [3.63, 3.8) is 0 Å². The van der Waals surface area contributed by atoms with E-state index in [1.165, 1.54) is 0 Å². The third kappa shape index (κ3) is 2.47. The molecular formula is C17H12N2O. The molecule has 2 heterocycles. The summed E-state index contributed by atoms with van der Waals surface area (Å²) in [6.07, 6.45) is 6.17. The van der Waals surface area contributed by atoms with Gasteiger partial charge in [-0.05, 0) is 35.4 Å². The standard InChI is InChI=1S/C17H12N2O/c20-12-13-1-3-15(4-2-13)17-11-16(7-10-19-17)14-5-8-18-9-6-14/h1-12H. The quantitative estimate of drug-likeness (QED) is 0.675. The highest BCUT2D eigenvalue weighted by Gasteiger charge is 2.03. The molecule has 0 atom stereocenters. The van der Waals surface area contributed by atoms with Gasteiger partial charge in [0.15, 0.2) is 0 Å². The van der Waals surface area contributed by atoms with Crippen LogP contribution in [0.1, 0.15) is 10.4 Å². The monoisotopic (exact) mass is 260 g/mol. The average Bonchev–Trinajstić information content (AvgIpc) is 2.56. The van der Waals surface area contributed by atoms with Crippen LogP contribution in [0.2, 0.25) is 0 Å². The molecule has 0 amide bonds. The maximum absolute atomic E-state index is 10.7. The molecule has 96 valence electrons. The van der Waals surface area contributed by atoms with Crippen LogP contribution in [0.4, 0.5) is 0 Å². The zero-order valence-corrected chi connectivity index (χ0v) is 10.7. The van der Waals surface area contributed by atoms with Crippen LogP contribution in [0.25, 0.3) is 22.4 Å². The van der Waals surface area contributed by atoms with E-state index in [4.69, 9.17) is 0 Å². The Labute approximate surface area is 117 Å². The second kappa shape index (κ2) is 5.45.